The van der Waals surface area contributed by atoms with Crippen molar-refractivity contribution in [3.63, 3.8) is 0 Å². The number of alkyl halides is 3. The fourth-order valence-electron chi connectivity index (χ4n) is 2.60. The van der Waals surface area contributed by atoms with Crippen LogP contribution in [-0.4, -0.2) is 57.3 Å². The molecular weight excluding hydrogens is 420 g/mol. The van der Waals surface area contributed by atoms with Gasteiger partial charge in [0.15, 0.2) is 5.96 Å². The minimum absolute atomic E-state index is 0. The Balaban J connectivity index is 0.00000264. The highest BCUT2D eigenvalue weighted by Crippen LogP contribution is 2.27. The average Bonchev–Trinajstić information content (AvgIpc) is 2.86. The van der Waals surface area contributed by atoms with E-state index in [0.717, 1.165) is 18.7 Å². The van der Waals surface area contributed by atoms with Crippen LogP contribution in [0.15, 0.2) is 29.3 Å². The van der Waals surface area contributed by atoms with E-state index in [2.05, 4.69) is 21.3 Å². The second-order valence-corrected chi connectivity index (χ2v) is 5.36. The van der Waals surface area contributed by atoms with Crippen LogP contribution in [0.2, 0.25) is 0 Å². The van der Waals surface area contributed by atoms with E-state index >= 15 is 0 Å². The summed E-state index contributed by atoms with van der Waals surface area (Å²) < 4.78 is 36.8. The number of aliphatic imine (C=N–C) groups is 1. The number of halogens is 4. The Hall–Kier alpha value is -1.03. The Bertz CT molecular complexity index is 534. The van der Waals surface area contributed by atoms with E-state index < -0.39 is 12.7 Å². The summed E-state index contributed by atoms with van der Waals surface area (Å²) in [5, 5.41) is 3.14. The lowest BCUT2D eigenvalue weighted by atomic mass is 10.2. The minimum Gasteiger partial charge on any atom is -0.355 e. The molecule has 0 saturated carbocycles. The molecule has 0 radical (unpaired) electrons. The van der Waals surface area contributed by atoms with Gasteiger partial charge in [-0.05, 0) is 25.1 Å². The number of nitrogens with one attached hydrogen (secondary N) is 1. The molecule has 0 spiro atoms. The SMILES string of the molecule is CN=C(NCCN(C)CC(F)(F)F)N1CCc2ccccc21.I. The molecule has 1 aliphatic rings. The third-order valence-electron chi connectivity index (χ3n) is 3.58. The van der Waals surface area contributed by atoms with Crippen LogP contribution in [0.4, 0.5) is 18.9 Å². The molecule has 8 heteroatoms. The minimum atomic E-state index is -4.16. The number of benzene rings is 1. The first kappa shape index (κ1) is 20.0. The number of nitrogens with zero attached hydrogens (tertiary/aromatic N) is 3. The van der Waals surface area contributed by atoms with Crippen LogP contribution in [0, 0.1) is 0 Å². The predicted octanol–water partition coefficient (Wildman–Crippen LogP) is 2.74. The lowest BCUT2D eigenvalue weighted by Gasteiger charge is -2.24. The first-order valence-electron chi connectivity index (χ1n) is 7.22. The molecule has 0 aliphatic carbocycles. The third kappa shape index (κ3) is 5.83. The van der Waals surface area contributed by atoms with Crippen molar-refractivity contribution in [2.24, 2.45) is 4.99 Å². The van der Waals surface area contributed by atoms with Crippen LogP contribution >= 0.6 is 24.0 Å². The summed E-state index contributed by atoms with van der Waals surface area (Å²) in [6, 6.07) is 8.09. The van der Waals surface area contributed by atoms with Crippen LogP contribution in [0.5, 0.6) is 0 Å². The fraction of sp³-hybridized carbons (Fsp3) is 0.533. The summed E-state index contributed by atoms with van der Waals surface area (Å²) in [6.07, 6.45) is -3.21. The van der Waals surface area contributed by atoms with Crippen molar-refractivity contribution >= 4 is 35.6 Å². The second-order valence-electron chi connectivity index (χ2n) is 5.36. The van der Waals surface area contributed by atoms with Gasteiger partial charge in [-0.15, -0.1) is 24.0 Å². The highest BCUT2D eigenvalue weighted by molar-refractivity contribution is 14.0. The quantitative estimate of drug-likeness (QED) is 0.442. The second kappa shape index (κ2) is 8.72. The van der Waals surface area contributed by atoms with Gasteiger partial charge in [0.1, 0.15) is 0 Å². The van der Waals surface area contributed by atoms with Gasteiger partial charge in [0, 0.05) is 32.4 Å². The van der Waals surface area contributed by atoms with Crippen molar-refractivity contribution in [1.82, 2.24) is 10.2 Å². The van der Waals surface area contributed by atoms with Gasteiger partial charge in [-0.3, -0.25) is 9.89 Å². The zero-order chi connectivity index (χ0) is 16.2. The van der Waals surface area contributed by atoms with E-state index in [9.17, 15) is 13.2 Å². The Morgan fingerprint density at radius 3 is 2.70 bits per heavy atom. The number of guanidine groups is 1. The first-order valence-corrected chi connectivity index (χ1v) is 7.22. The average molecular weight is 442 g/mol. The number of para-hydroxylation sites is 1. The maximum atomic E-state index is 12.3. The van der Waals surface area contributed by atoms with Crippen molar-refractivity contribution in [3.8, 4) is 0 Å². The molecular formula is C15H22F3IN4. The number of likely N-dealkylation sites (N-methyl/N-ethyl adjacent to an activating group) is 1. The van der Waals surface area contributed by atoms with Crippen LogP contribution in [-0.2, 0) is 6.42 Å². The summed E-state index contributed by atoms with van der Waals surface area (Å²) in [5.41, 5.74) is 2.37. The molecule has 4 nitrogen and oxygen atoms in total. The van der Waals surface area contributed by atoms with Gasteiger partial charge in [-0.1, -0.05) is 18.2 Å². The molecule has 130 valence electrons. The van der Waals surface area contributed by atoms with E-state index in [1.54, 1.807) is 7.05 Å². The molecule has 1 aliphatic heterocycles. The van der Waals surface area contributed by atoms with E-state index in [0.29, 0.717) is 19.0 Å². The highest BCUT2D eigenvalue weighted by atomic mass is 127. The summed E-state index contributed by atoms with van der Waals surface area (Å²) >= 11 is 0. The van der Waals surface area contributed by atoms with Gasteiger partial charge >= 0.3 is 6.18 Å². The largest absolute Gasteiger partial charge is 0.401 e. The monoisotopic (exact) mass is 442 g/mol. The smallest absolute Gasteiger partial charge is 0.355 e. The standard InChI is InChI=1S/C15H21F3N4.HI/c1-19-14(20-8-10-21(2)11-15(16,17)18)22-9-7-12-5-3-4-6-13(12)22;/h3-6H,7-11H2,1-2H3,(H,19,20);1H. The maximum Gasteiger partial charge on any atom is 0.401 e. The van der Waals surface area contributed by atoms with Gasteiger partial charge in [0.2, 0.25) is 0 Å². The normalized spacial score (nSPS) is 14.7. The van der Waals surface area contributed by atoms with Gasteiger partial charge in [0.05, 0.1) is 6.54 Å². The number of hydrogen-bond donors (Lipinski definition) is 1. The van der Waals surface area contributed by atoms with Gasteiger partial charge in [-0.2, -0.15) is 13.2 Å². The molecule has 1 aromatic carbocycles. The molecule has 0 atom stereocenters. The Morgan fingerprint density at radius 2 is 2.04 bits per heavy atom. The molecule has 0 aromatic heterocycles. The molecule has 1 heterocycles. The highest BCUT2D eigenvalue weighted by Gasteiger charge is 2.29. The maximum absolute atomic E-state index is 12.3. The molecule has 1 aromatic rings. The Labute approximate surface area is 151 Å². The fourth-order valence-corrected chi connectivity index (χ4v) is 2.60. The molecule has 23 heavy (non-hydrogen) atoms. The zero-order valence-electron chi connectivity index (χ0n) is 13.2. The molecule has 0 unspecified atom stereocenters. The van der Waals surface area contributed by atoms with Gasteiger partial charge in [-0.25, -0.2) is 0 Å². The summed E-state index contributed by atoms with van der Waals surface area (Å²) in [4.78, 5) is 7.55. The van der Waals surface area contributed by atoms with Crippen molar-refractivity contribution < 1.29 is 13.2 Å². The van der Waals surface area contributed by atoms with Crippen molar-refractivity contribution in [1.29, 1.82) is 0 Å². The van der Waals surface area contributed by atoms with E-state index in [1.165, 1.54) is 17.5 Å². The molecule has 0 fully saturated rings. The molecule has 1 N–H and O–H groups in total. The molecule has 0 saturated heterocycles. The van der Waals surface area contributed by atoms with Gasteiger partial charge in [0.25, 0.3) is 0 Å². The Morgan fingerprint density at radius 1 is 1.35 bits per heavy atom. The zero-order valence-corrected chi connectivity index (χ0v) is 15.6. The van der Waals surface area contributed by atoms with Crippen molar-refractivity contribution in [2.45, 2.75) is 12.6 Å². The van der Waals surface area contributed by atoms with Crippen LogP contribution in [0.3, 0.4) is 0 Å². The third-order valence-corrected chi connectivity index (χ3v) is 3.58. The van der Waals surface area contributed by atoms with Gasteiger partial charge < -0.3 is 10.2 Å². The summed E-state index contributed by atoms with van der Waals surface area (Å²) in [6.45, 7) is 0.642. The molecule has 0 amide bonds. The molecule has 0 bridgehead atoms. The lowest BCUT2D eigenvalue weighted by Crippen LogP contribution is -2.44. The predicted molar refractivity (Wildman–Crippen MR) is 97.8 cm³/mol. The topological polar surface area (TPSA) is 30.9 Å². The van der Waals surface area contributed by atoms with Crippen molar-refractivity contribution in [3.05, 3.63) is 29.8 Å². The molecule has 2 rings (SSSR count). The summed E-state index contributed by atoms with van der Waals surface area (Å²) in [7, 11) is 3.14. The van der Waals surface area contributed by atoms with E-state index in [1.807, 2.05) is 18.2 Å². The first-order chi connectivity index (χ1) is 10.4. The van der Waals surface area contributed by atoms with Crippen LogP contribution in [0.1, 0.15) is 5.56 Å². The Kier molecular flexibility index (Phi) is 7.59. The lowest BCUT2D eigenvalue weighted by molar-refractivity contribution is -0.142. The number of anilines is 1. The number of hydrogen-bond acceptors (Lipinski definition) is 2. The summed E-state index contributed by atoms with van der Waals surface area (Å²) in [5.74, 6) is 0.699. The van der Waals surface area contributed by atoms with Crippen LogP contribution < -0.4 is 10.2 Å². The van der Waals surface area contributed by atoms with E-state index in [4.69, 9.17) is 0 Å². The number of fused-ring (bicyclic) bond motifs is 1. The number of rotatable bonds is 4. The van der Waals surface area contributed by atoms with E-state index in [-0.39, 0.29) is 24.0 Å². The van der Waals surface area contributed by atoms with Crippen molar-refractivity contribution in [2.75, 3.05) is 45.2 Å². The van der Waals surface area contributed by atoms with Crippen LogP contribution in [0.25, 0.3) is 0 Å².